The second-order valence-electron chi connectivity index (χ2n) is 5.92. The molecule has 0 bridgehead atoms. The van der Waals surface area contributed by atoms with Crippen molar-refractivity contribution in [3.8, 4) is 5.75 Å². The SMILES string of the molecule is CC(C)CNCCCC(C)Oc1cnn(C(C)C)c1. The van der Waals surface area contributed by atoms with Gasteiger partial charge in [0.25, 0.3) is 0 Å². The van der Waals surface area contributed by atoms with E-state index in [0.29, 0.717) is 6.04 Å². The zero-order chi connectivity index (χ0) is 14.3. The molecule has 1 unspecified atom stereocenters. The summed E-state index contributed by atoms with van der Waals surface area (Å²) in [6, 6.07) is 0.382. The molecule has 1 aromatic rings. The summed E-state index contributed by atoms with van der Waals surface area (Å²) in [6.45, 7) is 13.0. The average molecular weight is 267 g/mol. The smallest absolute Gasteiger partial charge is 0.157 e. The molecule has 0 aliphatic rings. The van der Waals surface area contributed by atoms with Gasteiger partial charge in [-0.1, -0.05) is 13.8 Å². The standard InChI is InChI=1S/C15H29N3O/c1-12(2)9-16-8-6-7-14(5)19-15-10-17-18(11-15)13(3)4/h10-14,16H,6-9H2,1-5H3. The maximum atomic E-state index is 5.86. The second kappa shape index (κ2) is 8.20. The lowest BCUT2D eigenvalue weighted by atomic mass is 10.2. The minimum Gasteiger partial charge on any atom is -0.487 e. The first-order valence-electron chi connectivity index (χ1n) is 7.40. The van der Waals surface area contributed by atoms with Crippen LogP contribution in [0.1, 0.15) is 53.5 Å². The fourth-order valence-corrected chi connectivity index (χ4v) is 1.86. The van der Waals surface area contributed by atoms with Crippen LogP contribution in [0.25, 0.3) is 0 Å². The fourth-order valence-electron chi connectivity index (χ4n) is 1.86. The molecule has 19 heavy (non-hydrogen) atoms. The lowest BCUT2D eigenvalue weighted by Gasteiger charge is -2.13. The number of nitrogens with one attached hydrogen (secondary N) is 1. The molecule has 4 heteroatoms. The molecule has 1 heterocycles. The Bertz CT molecular complexity index is 347. The Morgan fingerprint density at radius 3 is 2.58 bits per heavy atom. The van der Waals surface area contributed by atoms with Crippen LogP contribution in [0.4, 0.5) is 0 Å². The Balaban J connectivity index is 2.17. The summed E-state index contributed by atoms with van der Waals surface area (Å²) >= 11 is 0. The molecule has 0 aromatic carbocycles. The van der Waals surface area contributed by atoms with Gasteiger partial charge < -0.3 is 10.1 Å². The molecule has 0 radical (unpaired) electrons. The third-order valence-corrected chi connectivity index (χ3v) is 2.96. The van der Waals surface area contributed by atoms with E-state index in [9.17, 15) is 0 Å². The normalized spacial score (nSPS) is 13.2. The number of hydrogen-bond acceptors (Lipinski definition) is 3. The summed E-state index contributed by atoms with van der Waals surface area (Å²) in [5.74, 6) is 1.59. The summed E-state index contributed by atoms with van der Waals surface area (Å²) < 4.78 is 7.78. The zero-order valence-electron chi connectivity index (χ0n) is 13.0. The molecule has 1 N–H and O–H groups in total. The highest BCUT2D eigenvalue weighted by atomic mass is 16.5. The van der Waals surface area contributed by atoms with E-state index in [1.807, 2.05) is 10.9 Å². The van der Waals surface area contributed by atoms with Crippen LogP contribution in [-0.4, -0.2) is 29.0 Å². The first kappa shape index (κ1) is 16.0. The van der Waals surface area contributed by atoms with Crippen LogP contribution in [-0.2, 0) is 0 Å². The van der Waals surface area contributed by atoms with E-state index in [1.165, 1.54) is 0 Å². The summed E-state index contributed by atoms with van der Waals surface area (Å²) in [7, 11) is 0. The van der Waals surface area contributed by atoms with Gasteiger partial charge in [0.2, 0.25) is 0 Å². The predicted octanol–water partition coefficient (Wildman–Crippen LogP) is 3.26. The van der Waals surface area contributed by atoms with Gasteiger partial charge in [-0.3, -0.25) is 4.68 Å². The van der Waals surface area contributed by atoms with E-state index in [-0.39, 0.29) is 6.10 Å². The Morgan fingerprint density at radius 2 is 2.00 bits per heavy atom. The maximum Gasteiger partial charge on any atom is 0.157 e. The molecular formula is C15H29N3O. The lowest BCUT2D eigenvalue weighted by Crippen LogP contribution is -2.22. The van der Waals surface area contributed by atoms with Crippen LogP contribution in [0.5, 0.6) is 5.75 Å². The van der Waals surface area contributed by atoms with Crippen molar-refractivity contribution in [2.24, 2.45) is 5.92 Å². The first-order valence-corrected chi connectivity index (χ1v) is 7.40. The molecule has 1 rings (SSSR count). The fraction of sp³-hybridized carbons (Fsp3) is 0.800. The summed E-state index contributed by atoms with van der Waals surface area (Å²) in [5, 5.41) is 7.73. The third-order valence-electron chi connectivity index (χ3n) is 2.96. The highest BCUT2D eigenvalue weighted by Crippen LogP contribution is 2.15. The van der Waals surface area contributed by atoms with Gasteiger partial charge >= 0.3 is 0 Å². The Morgan fingerprint density at radius 1 is 1.26 bits per heavy atom. The van der Waals surface area contributed by atoms with Crippen molar-refractivity contribution in [2.45, 2.75) is 59.6 Å². The molecule has 0 fully saturated rings. The lowest BCUT2D eigenvalue weighted by molar-refractivity contribution is 0.207. The van der Waals surface area contributed by atoms with Crippen LogP contribution >= 0.6 is 0 Å². The van der Waals surface area contributed by atoms with E-state index in [4.69, 9.17) is 4.74 Å². The van der Waals surface area contributed by atoms with Crippen molar-refractivity contribution in [1.29, 1.82) is 0 Å². The monoisotopic (exact) mass is 267 g/mol. The number of ether oxygens (including phenoxy) is 1. The first-order chi connectivity index (χ1) is 8.99. The van der Waals surface area contributed by atoms with Gasteiger partial charge in [-0.25, -0.2) is 0 Å². The minimum atomic E-state index is 0.241. The van der Waals surface area contributed by atoms with E-state index in [2.05, 4.69) is 45.0 Å². The van der Waals surface area contributed by atoms with Gasteiger partial charge in [0.1, 0.15) is 0 Å². The molecule has 1 aromatic heterocycles. The van der Waals surface area contributed by atoms with Crippen molar-refractivity contribution in [3.63, 3.8) is 0 Å². The highest BCUT2D eigenvalue weighted by Gasteiger charge is 2.07. The molecule has 1 atom stereocenters. The summed E-state index contributed by atoms with van der Waals surface area (Å²) in [5.41, 5.74) is 0. The van der Waals surface area contributed by atoms with Gasteiger partial charge in [-0.05, 0) is 52.6 Å². The minimum absolute atomic E-state index is 0.241. The Labute approximate surface area is 117 Å². The number of hydrogen-bond donors (Lipinski definition) is 1. The summed E-state index contributed by atoms with van der Waals surface area (Å²) in [6.07, 6.45) is 6.22. The number of nitrogens with zero attached hydrogens (tertiary/aromatic N) is 2. The third kappa shape index (κ3) is 6.62. The average Bonchev–Trinajstić information content (AvgIpc) is 2.76. The van der Waals surface area contributed by atoms with Crippen LogP contribution in [0.15, 0.2) is 12.4 Å². The van der Waals surface area contributed by atoms with Gasteiger partial charge in [-0.2, -0.15) is 5.10 Å². The topological polar surface area (TPSA) is 39.1 Å². The largest absolute Gasteiger partial charge is 0.487 e. The van der Waals surface area contributed by atoms with Crippen molar-refractivity contribution < 1.29 is 4.74 Å². The van der Waals surface area contributed by atoms with Crippen molar-refractivity contribution >= 4 is 0 Å². The van der Waals surface area contributed by atoms with E-state index < -0.39 is 0 Å². The van der Waals surface area contributed by atoms with Gasteiger partial charge in [0, 0.05) is 6.04 Å². The van der Waals surface area contributed by atoms with Crippen molar-refractivity contribution in [3.05, 3.63) is 12.4 Å². The highest BCUT2D eigenvalue weighted by molar-refractivity contribution is 5.12. The molecule has 0 amide bonds. The zero-order valence-corrected chi connectivity index (χ0v) is 13.0. The van der Waals surface area contributed by atoms with Gasteiger partial charge in [0.15, 0.2) is 5.75 Å². The molecule has 4 nitrogen and oxygen atoms in total. The van der Waals surface area contributed by atoms with Crippen LogP contribution in [0.3, 0.4) is 0 Å². The van der Waals surface area contributed by atoms with Gasteiger partial charge in [-0.15, -0.1) is 0 Å². The van der Waals surface area contributed by atoms with Crippen LogP contribution in [0.2, 0.25) is 0 Å². The maximum absolute atomic E-state index is 5.86. The quantitative estimate of drug-likeness (QED) is 0.698. The molecule has 0 spiro atoms. The molecular weight excluding hydrogens is 238 g/mol. The van der Waals surface area contributed by atoms with Crippen molar-refractivity contribution in [1.82, 2.24) is 15.1 Å². The van der Waals surface area contributed by atoms with Gasteiger partial charge in [0.05, 0.1) is 18.5 Å². The van der Waals surface area contributed by atoms with Crippen LogP contribution in [0, 0.1) is 5.92 Å². The number of aromatic nitrogens is 2. The van der Waals surface area contributed by atoms with E-state index in [1.54, 1.807) is 6.20 Å². The molecule has 0 aliphatic heterocycles. The summed E-state index contributed by atoms with van der Waals surface area (Å²) in [4.78, 5) is 0. The van der Waals surface area contributed by atoms with Crippen molar-refractivity contribution in [2.75, 3.05) is 13.1 Å². The van der Waals surface area contributed by atoms with E-state index in [0.717, 1.165) is 37.6 Å². The predicted molar refractivity (Wildman–Crippen MR) is 79.6 cm³/mol. The molecule has 110 valence electrons. The van der Waals surface area contributed by atoms with Crippen LogP contribution < -0.4 is 10.1 Å². The van der Waals surface area contributed by atoms with E-state index >= 15 is 0 Å². The second-order valence-corrected chi connectivity index (χ2v) is 5.92. The molecule has 0 saturated heterocycles. The Hall–Kier alpha value is -1.03. The Kier molecular flexibility index (Phi) is 6.92. The molecule has 0 saturated carbocycles. The molecule has 0 aliphatic carbocycles. The number of rotatable bonds is 9.